The van der Waals surface area contributed by atoms with Gasteiger partial charge in [-0.25, -0.2) is 4.79 Å². The summed E-state index contributed by atoms with van der Waals surface area (Å²) in [6, 6.07) is -0.410. The van der Waals surface area contributed by atoms with Crippen LogP contribution in [0.5, 0.6) is 0 Å². The molecule has 8 nitrogen and oxygen atoms in total. The number of rotatable bonds is 7. The molecule has 0 bridgehead atoms. The Balaban J connectivity index is 2.59. The zero-order valence-electron chi connectivity index (χ0n) is 12.0. The average Bonchev–Trinajstić information content (AvgIpc) is 2.81. The summed E-state index contributed by atoms with van der Waals surface area (Å²) in [5.41, 5.74) is 0. The molecule has 0 atom stereocenters. The van der Waals surface area contributed by atoms with E-state index in [2.05, 4.69) is 15.5 Å². The maximum atomic E-state index is 12.0. The lowest BCUT2D eigenvalue weighted by Crippen LogP contribution is -2.44. The first-order valence-corrected chi connectivity index (χ1v) is 6.55. The molecule has 0 aliphatic heterocycles. The van der Waals surface area contributed by atoms with Crippen molar-refractivity contribution in [3.8, 4) is 0 Å². The number of nitrogens with one attached hydrogen (secondary N) is 1. The van der Waals surface area contributed by atoms with Crippen LogP contribution in [0.15, 0.2) is 6.33 Å². The number of carboxylic acids is 1. The van der Waals surface area contributed by atoms with E-state index in [9.17, 15) is 9.59 Å². The van der Waals surface area contributed by atoms with Crippen molar-refractivity contribution in [3.05, 3.63) is 12.2 Å². The Labute approximate surface area is 117 Å². The van der Waals surface area contributed by atoms with E-state index in [1.54, 1.807) is 6.33 Å². The summed E-state index contributed by atoms with van der Waals surface area (Å²) in [5.74, 6) is -0.197. The van der Waals surface area contributed by atoms with Crippen LogP contribution in [0.4, 0.5) is 4.79 Å². The molecule has 1 rings (SSSR count). The Hall–Kier alpha value is -2.12. The van der Waals surface area contributed by atoms with Crippen LogP contribution >= 0.6 is 0 Å². The summed E-state index contributed by atoms with van der Waals surface area (Å²) in [4.78, 5) is 24.1. The van der Waals surface area contributed by atoms with E-state index >= 15 is 0 Å². The summed E-state index contributed by atoms with van der Waals surface area (Å²) < 4.78 is 1.81. The van der Waals surface area contributed by atoms with Crippen molar-refractivity contribution in [3.63, 3.8) is 0 Å². The van der Waals surface area contributed by atoms with Crippen LogP contribution in [0.3, 0.4) is 0 Å². The molecule has 2 N–H and O–H groups in total. The third kappa shape index (κ3) is 4.87. The minimum Gasteiger partial charge on any atom is -0.480 e. The topological polar surface area (TPSA) is 100 Å². The molecule has 1 aromatic heterocycles. The van der Waals surface area contributed by atoms with Crippen molar-refractivity contribution in [2.45, 2.75) is 33.9 Å². The zero-order chi connectivity index (χ0) is 15.1. The van der Waals surface area contributed by atoms with Crippen molar-refractivity contribution in [2.75, 3.05) is 13.1 Å². The van der Waals surface area contributed by atoms with E-state index in [1.165, 1.54) is 4.90 Å². The second-order valence-corrected chi connectivity index (χ2v) is 4.86. The van der Waals surface area contributed by atoms with Gasteiger partial charge in [-0.15, -0.1) is 10.2 Å². The first kappa shape index (κ1) is 15.9. The lowest BCUT2D eigenvalue weighted by atomic mass is 10.2. The number of carboxylic acid groups (broad SMARTS) is 1. The molecule has 0 saturated carbocycles. The number of aliphatic carboxylic acids is 1. The largest absolute Gasteiger partial charge is 0.480 e. The smallest absolute Gasteiger partial charge is 0.323 e. The fraction of sp³-hybridized carbons (Fsp3) is 0.667. The number of aromatic nitrogens is 3. The second-order valence-electron chi connectivity index (χ2n) is 4.86. The molecule has 0 saturated heterocycles. The molecular formula is C12H21N5O3. The highest BCUT2D eigenvalue weighted by Gasteiger charge is 2.18. The number of urea groups is 1. The molecule has 1 heterocycles. The molecule has 20 heavy (non-hydrogen) atoms. The van der Waals surface area contributed by atoms with Gasteiger partial charge in [0.25, 0.3) is 0 Å². The highest BCUT2D eigenvalue weighted by atomic mass is 16.4. The predicted molar refractivity (Wildman–Crippen MR) is 72.0 cm³/mol. The summed E-state index contributed by atoms with van der Waals surface area (Å²) in [6.07, 6.45) is 1.59. The van der Waals surface area contributed by atoms with Crippen LogP contribution in [-0.2, 0) is 17.9 Å². The summed E-state index contributed by atoms with van der Waals surface area (Å²) in [6.45, 7) is 6.81. The van der Waals surface area contributed by atoms with Gasteiger partial charge < -0.3 is 19.9 Å². The highest BCUT2D eigenvalue weighted by Crippen LogP contribution is 2.00. The van der Waals surface area contributed by atoms with E-state index in [0.29, 0.717) is 18.9 Å². The van der Waals surface area contributed by atoms with Crippen molar-refractivity contribution in [1.29, 1.82) is 0 Å². The number of amides is 2. The fourth-order valence-corrected chi connectivity index (χ4v) is 1.77. The van der Waals surface area contributed by atoms with Crippen LogP contribution in [-0.4, -0.2) is 49.9 Å². The van der Waals surface area contributed by atoms with Gasteiger partial charge in [-0.2, -0.15) is 0 Å². The lowest BCUT2D eigenvalue weighted by molar-refractivity contribution is -0.137. The molecule has 0 aliphatic carbocycles. The summed E-state index contributed by atoms with van der Waals surface area (Å²) in [5, 5.41) is 19.2. The molecule has 0 aliphatic rings. The van der Waals surface area contributed by atoms with Gasteiger partial charge in [-0.05, 0) is 12.8 Å². The molecule has 0 unspecified atom stereocenters. The van der Waals surface area contributed by atoms with Gasteiger partial charge in [0, 0.05) is 13.1 Å². The van der Waals surface area contributed by atoms with Crippen molar-refractivity contribution >= 4 is 12.0 Å². The van der Waals surface area contributed by atoms with E-state index in [1.807, 2.05) is 25.3 Å². The standard InChI is InChI=1S/C12H21N5O3/c1-4-16-8-14-15-10(16)5-13-12(20)17(6-9(2)3)7-11(18)19/h8-9H,4-7H2,1-3H3,(H,13,20)(H,18,19). The molecule has 0 fully saturated rings. The maximum Gasteiger partial charge on any atom is 0.323 e. The monoisotopic (exact) mass is 283 g/mol. The SMILES string of the molecule is CCn1cnnc1CNC(=O)N(CC(=O)O)CC(C)C. The Morgan fingerprint density at radius 2 is 2.20 bits per heavy atom. The van der Waals surface area contributed by atoms with Gasteiger partial charge in [0.1, 0.15) is 12.9 Å². The third-order valence-electron chi connectivity index (χ3n) is 2.63. The Kier molecular flexibility index (Phi) is 5.95. The highest BCUT2D eigenvalue weighted by molar-refractivity contribution is 5.80. The molecule has 0 radical (unpaired) electrons. The first-order valence-electron chi connectivity index (χ1n) is 6.55. The second kappa shape index (κ2) is 7.46. The van der Waals surface area contributed by atoms with E-state index in [0.717, 1.165) is 0 Å². The molecule has 2 amide bonds. The van der Waals surface area contributed by atoms with Crippen LogP contribution in [0.1, 0.15) is 26.6 Å². The van der Waals surface area contributed by atoms with Crippen molar-refractivity contribution in [2.24, 2.45) is 5.92 Å². The number of nitrogens with zero attached hydrogens (tertiary/aromatic N) is 4. The molecule has 112 valence electrons. The zero-order valence-corrected chi connectivity index (χ0v) is 12.0. The first-order chi connectivity index (χ1) is 9.43. The van der Waals surface area contributed by atoms with Crippen LogP contribution in [0, 0.1) is 5.92 Å². The van der Waals surface area contributed by atoms with Gasteiger partial charge in [-0.3, -0.25) is 4.79 Å². The third-order valence-corrected chi connectivity index (χ3v) is 2.63. The molecular weight excluding hydrogens is 262 g/mol. The van der Waals surface area contributed by atoms with Gasteiger partial charge in [-0.1, -0.05) is 13.8 Å². The van der Waals surface area contributed by atoms with Crippen LogP contribution in [0.25, 0.3) is 0 Å². The average molecular weight is 283 g/mol. The summed E-state index contributed by atoms with van der Waals surface area (Å²) >= 11 is 0. The van der Waals surface area contributed by atoms with E-state index in [-0.39, 0.29) is 19.0 Å². The molecule has 1 aromatic rings. The minimum atomic E-state index is -1.03. The summed E-state index contributed by atoms with van der Waals surface area (Å²) in [7, 11) is 0. The number of hydrogen-bond acceptors (Lipinski definition) is 4. The van der Waals surface area contributed by atoms with Gasteiger partial charge in [0.15, 0.2) is 5.82 Å². The normalized spacial score (nSPS) is 10.6. The van der Waals surface area contributed by atoms with Crippen LogP contribution < -0.4 is 5.32 Å². The number of carbonyl (C=O) groups is 2. The molecule has 8 heteroatoms. The fourth-order valence-electron chi connectivity index (χ4n) is 1.77. The Morgan fingerprint density at radius 1 is 1.50 bits per heavy atom. The molecule has 0 spiro atoms. The number of hydrogen-bond donors (Lipinski definition) is 2. The van der Waals surface area contributed by atoms with E-state index in [4.69, 9.17) is 5.11 Å². The van der Waals surface area contributed by atoms with Crippen LogP contribution in [0.2, 0.25) is 0 Å². The van der Waals surface area contributed by atoms with E-state index < -0.39 is 12.0 Å². The number of carbonyl (C=O) groups excluding carboxylic acids is 1. The van der Waals surface area contributed by atoms with Gasteiger partial charge >= 0.3 is 12.0 Å². The van der Waals surface area contributed by atoms with Gasteiger partial charge in [0.2, 0.25) is 0 Å². The Morgan fingerprint density at radius 3 is 2.75 bits per heavy atom. The van der Waals surface area contributed by atoms with Gasteiger partial charge in [0.05, 0.1) is 6.54 Å². The van der Waals surface area contributed by atoms with Crippen molar-refractivity contribution < 1.29 is 14.7 Å². The van der Waals surface area contributed by atoms with Crippen molar-refractivity contribution in [1.82, 2.24) is 25.0 Å². The molecule has 0 aromatic carbocycles. The minimum absolute atomic E-state index is 0.194. The maximum absolute atomic E-state index is 12.0. The number of aryl methyl sites for hydroxylation is 1. The lowest BCUT2D eigenvalue weighted by Gasteiger charge is -2.22. The quantitative estimate of drug-likeness (QED) is 0.761. The predicted octanol–water partition coefficient (Wildman–Crippen LogP) is 0.550. The Bertz CT molecular complexity index is 458.